The summed E-state index contributed by atoms with van der Waals surface area (Å²) in [4.78, 5) is 22.5. The number of pyridine rings is 1. The van der Waals surface area contributed by atoms with E-state index in [1.807, 2.05) is 48.7 Å². The second-order valence-corrected chi connectivity index (χ2v) is 6.43. The van der Waals surface area contributed by atoms with E-state index in [9.17, 15) is 4.79 Å². The average molecular weight is 378 g/mol. The molecule has 1 aromatic carbocycles. The van der Waals surface area contributed by atoms with E-state index in [2.05, 4.69) is 20.2 Å². The molecule has 0 spiro atoms. The number of benzene rings is 1. The van der Waals surface area contributed by atoms with Gasteiger partial charge in [-0.05, 0) is 36.4 Å². The van der Waals surface area contributed by atoms with Gasteiger partial charge in [0.1, 0.15) is 11.4 Å². The van der Waals surface area contributed by atoms with Crippen molar-refractivity contribution < 1.29 is 14.3 Å². The Morgan fingerprint density at radius 1 is 1.18 bits per heavy atom. The number of anilines is 2. The topological polar surface area (TPSA) is 79.5 Å². The van der Waals surface area contributed by atoms with Gasteiger partial charge in [0.15, 0.2) is 0 Å². The number of nitrogens with zero attached hydrogens (tertiary/aromatic N) is 2. The zero-order valence-corrected chi connectivity index (χ0v) is 15.6. The highest BCUT2D eigenvalue weighted by molar-refractivity contribution is 6.04. The van der Waals surface area contributed by atoms with Gasteiger partial charge in [-0.25, -0.2) is 4.98 Å². The van der Waals surface area contributed by atoms with Gasteiger partial charge < -0.3 is 24.7 Å². The molecular formula is C21H22N4O3. The number of carbonyl (C=O) groups is 1. The summed E-state index contributed by atoms with van der Waals surface area (Å²) < 4.78 is 10.9. The Morgan fingerprint density at radius 3 is 2.79 bits per heavy atom. The number of rotatable bonds is 5. The fourth-order valence-electron chi connectivity index (χ4n) is 3.19. The molecule has 4 rings (SSSR count). The number of hydrogen-bond acceptors (Lipinski definition) is 5. The van der Waals surface area contributed by atoms with Crippen molar-refractivity contribution in [3.8, 4) is 17.1 Å². The van der Waals surface area contributed by atoms with Gasteiger partial charge in [0, 0.05) is 31.0 Å². The van der Waals surface area contributed by atoms with Crippen LogP contribution in [0.5, 0.6) is 5.75 Å². The number of ether oxygens (including phenoxy) is 2. The summed E-state index contributed by atoms with van der Waals surface area (Å²) in [5.41, 5.74) is 3.57. The number of H-pyrrole nitrogens is 1. The minimum absolute atomic E-state index is 0.286. The van der Waals surface area contributed by atoms with E-state index in [1.165, 1.54) is 0 Å². The molecule has 3 aromatic rings. The summed E-state index contributed by atoms with van der Waals surface area (Å²) in [5, 5.41) is 2.90. The highest BCUT2D eigenvalue weighted by Gasteiger charge is 2.16. The molecule has 2 aromatic heterocycles. The number of aromatic amines is 1. The van der Waals surface area contributed by atoms with Gasteiger partial charge in [0.2, 0.25) is 0 Å². The van der Waals surface area contributed by atoms with Crippen LogP contribution in [0.1, 0.15) is 10.5 Å². The Morgan fingerprint density at radius 2 is 2.04 bits per heavy atom. The predicted octanol–water partition coefficient (Wildman–Crippen LogP) is 3.17. The van der Waals surface area contributed by atoms with E-state index >= 15 is 0 Å². The average Bonchev–Trinajstić information content (AvgIpc) is 3.30. The molecule has 0 unspecified atom stereocenters. The largest absolute Gasteiger partial charge is 0.494 e. The second-order valence-electron chi connectivity index (χ2n) is 6.43. The van der Waals surface area contributed by atoms with E-state index < -0.39 is 0 Å². The summed E-state index contributed by atoms with van der Waals surface area (Å²) in [7, 11) is 1.60. The quantitative estimate of drug-likeness (QED) is 0.713. The SMILES string of the molecule is COc1cc(N2CCOCC2)ccc1NC(=O)c1cccc(-c2ccc[nH]2)n1. The van der Waals surface area contributed by atoms with Crippen LogP contribution >= 0.6 is 0 Å². The number of methoxy groups -OCH3 is 1. The Labute approximate surface area is 163 Å². The van der Waals surface area contributed by atoms with Crippen LogP contribution in [-0.2, 0) is 4.74 Å². The van der Waals surface area contributed by atoms with Crippen molar-refractivity contribution in [2.45, 2.75) is 0 Å². The number of carbonyl (C=O) groups excluding carboxylic acids is 1. The fourth-order valence-corrected chi connectivity index (χ4v) is 3.19. The Bertz CT molecular complexity index is 950. The third-order valence-corrected chi connectivity index (χ3v) is 4.67. The van der Waals surface area contributed by atoms with Gasteiger partial charge in [-0.2, -0.15) is 0 Å². The molecule has 0 aliphatic carbocycles. The smallest absolute Gasteiger partial charge is 0.274 e. The molecule has 0 atom stereocenters. The minimum atomic E-state index is -0.286. The van der Waals surface area contributed by atoms with Crippen molar-refractivity contribution >= 4 is 17.3 Å². The molecule has 144 valence electrons. The molecule has 3 heterocycles. The highest BCUT2D eigenvalue weighted by Crippen LogP contribution is 2.30. The lowest BCUT2D eigenvalue weighted by atomic mass is 10.2. The third kappa shape index (κ3) is 3.84. The van der Waals surface area contributed by atoms with E-state index in [1.54, 1.807) is 13.2 Å². The molecule has 1 fully saturated rings. The number of amides is 1. The first-order valence-corrected chi connectivity index (χ1v) is 9.17. The Balaban J connectivity index is 1.53. The van der Waals surface area contributed by atoms with Gasteiger partial charge in [-0.1, -0.05) is 6.07 Å². The third-order valence-electron chi connectivity index (χ3n) is 4.67. The lowest BCUT2D eigenvalue weighted by molar-refractivity contribution is 0.102. The molecule has 0 saturated carbocycles. The van der Waals surface area contributed by atoms with Crippen LogP contribution in [0.15, 0.2) is 54.7 Å². The summed E-state index contributed by atoms with van der Waals surface area (Å²) in [6.45, 7) is 3.10. The molecule has 7 heteroatoms. The van der Waals surface area contributed by atoms with Crippen LogP contribution in [0.2, 0.25) is 0 Å². The van der Waals surface area contributed by atoms with Crippen molar-refractivity contribution in [2.24, 2.45) is 0 Å². The number of hydrogen-bond donors (Lipinski definition) is 2. The first-order valence-electron chi connectivity index (χ1n) is 9.17. The summed E-state index contributed by atoms with van der Waals surface area (Å²) in [6, 6.07) is 14.9. The summed E-state index contributed by atoms with van der Waals surface area (Å²) >= 11 is 0. The number of morpholine rings is 1. The zero-order chi connectivity index (χ0) is 19.3. The molecular weight excluding hydrogens is 356 g/mol. The van der Waals surface area contributed by atoms with Crippen molar-refractivity contribution in [3.63, 3.8) is 0 Å². The summed E-state index contributed by atoms with van der Waals surface area (Å²) in [6.07, 6.45) is 1.82. The zero-order valence-electron chi connectivity index (χ0n) is 15.6. The van der Waals surface area contributed by atoms with Crippen LogP contribution in [-0.4, -0.2) is 49.3 Å². The maximum Gasteiger partial charge on any atom is 0.274 e. The first kappa shape index (κ1) is 18.1. The van der Waals surface area contributed by atoms with Crippen molar-refractivity contribution in [1.29, 1.82) is 0 Å². The van der Waals surface area contributed by atoms with Crippen LogP contribution in [0.25, 0.3) is 11.4 Å². The molecule has 7 nitrogen and oxygen atoms in total. The normalized spacial score (nSPS) is 14.0. The number of nitrogens with one attached hydrogen (secondary N) is 2. The first-order chi connectivity index (χ1) is 13.7. The van der Waals surface area contributed by atoms with Crippen molar-refractivity contribution in [3.05, 3.63) is 60.4 Å². The molecule has 1 saturated heterocycles. The minimum Gasteiger partial charge on any atom is -0.494 e. The molecule has 0 radical (unpaired) electrons. The molecule has 1 aliphatic rings. The maximum absolute atomic E-state index is 12.7. The van der Waals surface area contributed by atoms with Crippen molar-refractivity contribution in [1.82, 2.24) is 9.97 Å². The maximum atomic E-state index is 12.7. The molecule has 0 bridgehead atoms. The molecule has 1 amide bonds. The van der Waals surface area contributed by atoms with Crippen LogP contribution in [0.3, 0.4) is 0 Å². The Hall–Kier alpha value is -3.32. The van der Waals surface area contributed by atoms with Gasteiger partial charge in [0.05, 0.1) is 37.4 Å². The summed E-state index contributed by atoms with van der Waals surface area (Å²) in [5.74, 6) is 0.323. The fraction of sp³-hybridized carbons (Fsp3) is 0.238. The van der Waals surface area contributed by atoms with Gasteiger partial charge in [0.25, 0.3) is 5.91 Å². The van der Waals surface area contributed by atoms with Crippen LogP contribution < -0.4 is 15.0 Å². The van der Waals surface area contributed by atoms with E-state index in [-0.39, 0.29) is 5.91 Å². The predicted molar refractivity (Wildman–Crippen MR) is 108 cm³/mol. The lowest BCUT2D eigenvalue weighted by Crippen LogP contribution is -2.36. The molecule has 1 aliphatic heterocycles. The van der Waals surface area contributed by atoms with Gasteiger partial charge >= 0.3 is 0 Å². The van der Waals surface area contributed by atoms with Gasteiger partial charge in [-0.3, -0.25) is 4.79 Å². The van der Waals surface area contributed by atoms with Crippen molar-refractivity contribution in [2.75, 3.05) is 43.6 Å². The van der Waals surface area contributed by atoms with E-state index in [4.69, 9.17) is 9.47 Å². The van der Waals surface area contributed by atoms with Crippen LogP contribution in [0.4, 0.5) is 11.4 Å². The number of aromatic nitrogens is 2. The van der Waals surface area contributed by atoms with E-state index in [0.29, 0.717) is 36.0 Å². The standard InChI is InChI=1S/C21H22N4O3/c1-27-20-14-15(25-10-12-28-13-11-25)7-8-18(20)24-21(26)19-5-2-4-17(23-19)16-6-3-9-22-16/h2-9,14,22H,10-13H2,1H3,(H,24,26). The van der Waals surface area contributed by atoms with E-state index in [0.717, 1.165) is 24.5 Å². The van der Waals surface area contributed by atoms with Crippen LogP contribution in [0, 0.1) is 0 Å². The highest BCUT2D eigenvalue weighted by atomic mass is 16.5. The van der Waals surface area contributed by atoms with Gasteiger partial charge in [-0.15, -0.1) is 0 Å². The molecule has 28 heavy (non-hydrogen) atoms. The monoisotopic (exact) mass is 378 g/mol. The lowest BCUT2D eigenvalue weighted by Gasteiger charge is -2.29. The molecule has 2 N–H and O–H groups in total. The Kier molecular flexibility index (Phi) is 5.25. The second kappa shape index (κ2) is 8.14.